The van der Waals surface area contributed by atoms with Gasteiger partial charge in [-0.3, -0.25) is 0 Å². The Balaban J connectivity index is 1.53. The first kappa shape index (κ1) is 11.8. The van der Waals surface area contributed by atoms with E-state index in [0.717, 1.165) is 26.2 Å². The number of anilines is 1. The molecular formula is C11H15N7O2. The van der Waals surface area contributed by atoms with Crippen molar-refractivity contribution in [3.8, 4) is 11.6 Å². The largest absolute Gasteiger partial charge is 0.378 e. The van der Waals surface area contributed by atoms with E-state index in [1.165, 1.54) is 0 Å². The predicted octanol–water partition coefficient (Wildman–Crippen LogP) is -0.691. The van der Waals surface area contributed by atoms with Crippen LogP contribution < -0.4 is 10.2 Å². The quantitative estimate of drug-likeness (QED) is 0.787. The minimum atomic E-state index is 0.373. The molecule has 9 nitrogen and oxygen atoms in total. The molecule has 0 atom stereocenters. The summed E-state index contributed by atoms with van der Waals surface area (Å²) in [5.41, 5.74) is 0.615. The molecular weight excluding hydrogens is 262 g/mol. The van der Waals surface area contributed by atoms with Crippen molar-refractivity contribution >= 4 is 5.95 Å². The molecule has 0 aromatic carbocycles. The van der Waals surface area contributed by atoms with Gasteiger partial charge in [-0.15, -0.1) is 5.10 Å². The van der Waals surface area contributed by atoms with Gasteiger partial charge in [-0.05, 0) is 5.16 Å². The van der Waals surface area contributed by atoms with Crippen LogP contribution in [0.1, 0.15) is 6.04 Å². The van der Waals surface area contributed by atoms with Gasteiger partial charge in [-0.2, -0.15) is 4.98 Å². The van der Waals surface area contributed by atoms with E-state index in [4.69, 9.17) is 9.26 Å². The Bertz CT molecular complexity index is 585. The van der Waals surface area contributed by atoms with E-state index < -0.39 is 0 Å². The number of morpholine rings is 1. The van der Waals surface area contributed by atoms with Gasteiger partial charge >= 0.3 is 0 Å². The summed E-state index contributed by atoms with van der Waals surface area (Å²) < 4.78 is 12.4. The fourth-order valence-electron chi connectivity index (χ4n) is 2.23. The number of aromatic nitrogens is 5. The highest BCUT2D eigenvalue weighted by molar-refractivity contribution is 5.47. The summed E-state index contributed by atoms with van der Waals surface area (Å²) in [6.07, 6.45) is 1.85. The van der Waals surface area contributed by atoms with E-state index >= 15 is 0 Å². The molecule has 4 heterocycles. The maximum absolute atomic E-state index is 5.30. The molecule has 2 aromatic heterocycles. The second kappa shape index (κ2) is 4.84. The third-order valence-corrected chi connectivity index (χ3v) is 3.57. The molecule has 2 fully saturated rings. The summed E-state index contributed by atoms with van der Waals surface area (Å²) in [5.74, 6) is 0.994. The van der Waals surface area contributed by atoms with E-state index in [2.05, 4.69) is 25.8 Å². The van der Waals surface area contributed by atoms with Crippen molar-refractivity contribution in [3.63, 3.8) is 0 Å². The summed E-state index contributed by atoms with van der Waals surface area (Å²) >= 11 is 0. The zero-order valence-electron chi connectivity index (χ0n) is 10.9. The lowest BCUT2D eigenvalue weighted by molar-refractivity contribution is 0.121. The van der Waals surface area contributed by atoms with Crippen LogP contribution >= 0.6 is 0 Å². The van der Waals surface area contributed by atoms with Crippen molar-refractivity contribution in [1.82, 2.24) is 30.5 Å². The smallest absolute Gasteiger partial charge is 0.281 e. The van der Waals surface area contributed by atoms with E-state index in [-0.39, 0.29) is 0 Å². The second-order valence-electron chi connectivity index (χ2n) is 4.89. The van der Waals surface area contributed by atoms with Crippen LogP contribution in [0, 0.1) is 0 Å². The number of nitrogens with zero attached hydrogens (tertiary/aromatic N) is 6. The molecule has 106 valence electrons. The molecule has 20 heavy (non-hydrogen) atoms. The summed E-state index contributed by atoms with van der Waals surface area (Å²) in [7, 11) is 0. The lowest BCUT2D eigenvalue weighted by Gasteiger charge is -2.26. The van der Waals surface area contributed by atoms with Crippen LogP contribution in [0.5, 0.6) is 0 Å². The lowest BCUT2D eigenvalue weighted by Crippen LogP contribution is -2.43. The zero-order valence-corrected chi connectivity index (χ0v) is 10.9. The number of hydrogen-bond acceptors (Lipinski definition) is 8. The first-order chi connectivity index (χ1) is 9.90. The Labute approximate surface area is 114 Å². The summed E-state index contributed by atoms with van der Waals surface area (Å²) in [6, 6.07) is 0.373. The molecule has 9 heteroatoms. The predicted molar refractivity (Wildman–Crippen MR) is 68.3 cm³/mol. The highest BCUT2D eigenvalue weighted by Gasteiger charge is 2.23. The average molecular weight is 277 g/mol. The Morgan fingerprint density at radius 3 is 2.85 bits per heavy atom. The van der Waals surface area contributed by atoms with Crippen molar-refractivity contribution in [2.24, 2.45) is 0 Å². The molecule has 2 aliphatic rings. The van der Waals surface area contributed by atoms with Crippen LogP contribution in [0.2, 0.25) is 0 Å². The van der Waals surface area contributed by atoms with Gasteiger partial charge < -0.3 is 19.5 Å². The summed E-state index contributed by atoms with van der Waals surface area (Å²) in [4.78, 5) is 6.42. The van der Waals surface area contributed by atoms with Crippen LogP contribution in [-0.4, -0.2) is 64.5 Å². The Kier molecular flexibility index (Phi) is 2.85. The van der Waals surface area contributed by atoms with Crippen molar-refractivity contribution < 1.29 is 9.26 Å². The van der Waals surface area contributed by atoms with Crippen LogP contribution in [0.3, 0.4) is 0 Å². The molecule has 2 aliphatic heterocycles. The average Bonchev–Trinajstić information content (AvgIpc) is 3.06. The normalized spacial score (nSPS) is 20.1. The molecule has 0 amide bonds. The SMILES string of the molecule is c1c(-c2nc(N3CCOCC3)no2)nnn1C1CNC1. The van der Waals surface area contributed by atoms with E-state index in [9.17, 15) is 0 Å². The van der Waals surface area contributed by atoms with E-state index in [1.54, 1.807) is 0 Å². The summed E-state index contributed by atoms with van der Waals surface area (Å²) in [5, 5.41) is 15.4. The van der Waals surface area contributed by atoms with E-state index in [1.807, 2.05) is 15.8 Å². The number of ether oxygens (including phenoxy) is 1. The van der Waals surface area contributed by atoms with Crippen molar-refractivity contribution in [3.05, 3.63) is 6.20 Å². The number of hydrogen-bond donors (Lipinski definition) is 1. The van der Waals surface area contributed by atoms with Gasteiger partial charge in [0.05, 0.1) is 25.5 Å². The maximum atomic E-state index is 5.30. The monoisotopic (exact) mass is 277 g/mol. The van der Waals surface area contributed by atoms with Crippen LogP contribution in [0.25, 0.3) is 11.6 Å². The molecule has 0 spiro atoms. The molecule has 0 aliphatic carbocycles. The molecule has 2 aromatic rings. The molecule has 0 saturated carbocycles. The van der Waals surface area contributed by atoms with Gasteiger partial charge in [0.1, 0.15) is 0 Å². The third-order valence-electron chi connectivity index (χ3n) is 3.57. The van der Waals surface area contributed by atoms with Crippen molar-refractivity contribution in [1.29, 1.82) is 0 Å². The highest BCUT2D eigenvalue weighted by Crippen LogP contribution is 2.20. The fraction of sp³-hybridized carbons (Fsp3) is 0.636. The first-order valence-corrected chi connectivity index (χ1v) is 6.69. The van der Waals surface area contributed by atoms with E-state index in [0.29, 0.717) is 36.8 Å². The fourth-order valence-corrected chi connectivity index (χ4v) is 2.23. The number of nitrogens with one attached hydrogen (secondary N) is 1. The first-order valence-electron chi connectivity index (χ1n) is 6.69. The lowest BCUT2D eigenvalue weighted by atomic mass is 10.2. The Morgan fingerprint density at radius 2 is 2.10 bits per heavy atom. The summed E-state index contributed by atoms with van der Waals surface area (Å²) in [6.45, 7) is 4.78. The Hall–Kier alpha value is -2.00. The zero-order chi connectivity index (χ0) is 13.4. The standard InChI is InChI=1S/C11H15N7O2/c1-3-19-4-2-17(1)11-13-10(20-15-11)9-7-18(16-14-9)8-5-12-6-8/h7-8,12H,1-6H2. The van der Waals surface area contributed by atoms with Gasteiger partial charge in [0, 0.05) is 26.2 Å². The van der Waals surface area contributed by atoms with Crippen LogP contribution in [-0.2, 0) is 4.74 Å². The van der Waals surface area contributed by atoms with Gasteiger partial charge in [0.2, 0.25) is 0 Å². The second-order valence-corrected chi connectivity index (χ2v) is 4.89. The molecule has 0 radical (unpaired) electrons. The highest BCUT2D eigenvalue weighted by atomic mass is 16.5. The van der Waals surface area contributed by atoms with Crippen LogP contribution in [0.4, 0.5) is 5.95 Å². The van der Waals surface area contributed by atoms with Crippen molar-refractivity contribution in [2.75, 3.05) is 44.3 Å². The molecule has 0 bridgehead atoms. The third kappa shape index (κ3) is 2.04. The van der Waals surface area contributed by atoms with Crippen molar-refractivity contribution in [2.45, 2.75) is 6.04 Å². The molecule has 1 N–H and O–H groups in total. The van der Waals surface area contributed by atoms with Crippen LogP contribution in [0.15, 0.2) is 10.7 Å². The molecule has 4 rings (SSSR count). The number of rotatable bonds is 3. The maximum Gasteiger partial charge on any atom is 0.281 e. The topological polar surface area (TPSA) is 94.1 Å². The Morgan fingerprint density at radius 1 is 1.25 bits per heavy atom. The van der Waals surface area contributed by atoms with Gasteiger partial charge in [-0.25, -0.2) is 4.68 Å². The van der Waals surface area contributed by atoms with Gasteiger partial charge in [0.25, 0.3) is 11.8 Å². The van der Waals surface area contributed by atoms with Gasteiger partial charge in [0.15, 0.2) is 5.69 Å². The van der Waals surface area contributed by atoms with Gasteiger partial charge in [-0.1, -0.05) is 5.21 Å². The minimum absolute atomic E-state index is 0.373. The molecule has 0 unspecified atom stereocenters. The minimum Gasteiger partial charge on any atom is -0.378 e. The molecule has 2 saturated heterocycles.